The molecule has 1 aromatic rings. The van der Waals surface area contributed by atoms with Crippen LogP contribution in [0.15, 0.2) is 24.3 Å². The minimum atomic E-state index is -0.819. The molecule has 0 unspecified atom stereocenters. The van der Waals surface area contributed by atoms with E-state index in [2.05, 4.69) is 10.6 Å². The first-order chi connectivity index (χ1) is 11.8. The fraction of sp³-hybridized carbons (Fsp3) is 0.526. The van der Waals surface area contributed by atoms with Crippen molar-refractivity contribution in [3.8, 4) is 0 Å². The van der Waals surface area contributed by atoms with Crippen molar-refractivity contribution in [3.05, 3.63) is 29.8 Å². The second-order valence-electron chi connectivity index (χ2n) is 7.11. The summed E-state index contributed by atoms with van der Waals surface area (Å²) in [4.78, 5) is 35.0. The van der Waals surface area contributed by atoms with E-state index in [-0.39, 0.29) is 17.7 Å². The van der Waals surface area contributed by atoms with Crippen molar-refractivity contribution in [1.29, 1.82) is 0 Å². The van der Waals surface area contributed by atoms with Gasteiger partial charge in [0.1, 0.15) is 0 Å². The number of hydrogen-bond acceptors (Lipinski definition) is 3. The number of benzene rings is 1. The molecule has 1 saturated carbocycles. The van der Waals surface area contributed by atoms with Crippen molar-refractivity contribution in [2.45, 2.75) is 46.1 Å². The van der Waals surface area contributed by atoms with Crippen LogP contribution in [0.5, 0.6) is 0 Å². The quantitative estimate of drug-likeness (QED) is 0.707. The lowest BCUT2D eigenvalue weighted by Crippen LogP contribution is -2.29. The van der Waals surface area contributed by atoms with Crippen LogP contribution < -0.4 is 10.6 Å². The van der Waals surface area contributed by atoms with E-state index < -0.39 is 11.9 Å². The van der Waals surface area contributed by atoms with Crippen LogP contribution in [0.1, 0.15) is 45.1 Å². The topological polar surface area (TPSA) is 95.5 Å². The summed E-state index contributed by atoms with van der Waals surface area (Å²) in [5, 5.41) is 14.7. The van der Waals surface area contributed by atoms with Gasteiger partial charge in [0, 0.05) is 24.6 Å². The van der Waals surface area contributed by atoms with Crippen molar-refractivity contribution in [2.24, 2.45) is 17.8 Å². The van der Waals surface area contributed by atoms with Gasteiger partial charge in [-0.15, -0.1) is 0 Å². The SMILES string of the molecule is CC(C)CC(=O)Nc1cccc(CNC(=O)[C@@H]2CC[C@H](C(=O)O)C2)c1. The standard InChI is InChI=1S/C19H26N2O4/c1-12(2)8-17(22)21-16-5-3-4-13(9-16)11-20-18(23)14-6-7-15(10-14)19(24)25/h3-5,9,12,14-15H,6-8,10-11H2,1-2H3,(H,20,23)(H,21,22)(H,24,25)/t14-,15+/m1/s1. The van der Waals surface area contributed by atoms with Crippen LogP contribution in [0, 0.1) is 17.8 Å². The summed E-state index contributed by atoms with van der Waals surface area (Å²) in [6.45, 7) is 4.34. The molecule has 6 nitrogen and oxygen atoms in total. The summed E-state index contributed by atoms with van der Waals surface area (Å²) in [7, 11) is 0. The molecule has 2 atom stereocenters. The Bertz CT molecular complexity index is 642. The Morgan fingerprint density at radius 2 is 1.92 bits per heavy atom. The Morgan fingerprint density at radius 3 is 2.56 bits per heavy atom. The molecule has 3 N–H and O–H groups in total. The lowest BCUT2D eigenvalue weighted by molar-refractivity contribution is -0.141. The number of carboxylic acids is 1. The summed E-state index contributed by atoms with van der Waals surface area (Å²) in [6.07, 6.45) is 2.05. The van der Waals surface area contributed by atoms with Gasteiger partial charge in [-0.2, -0.15) is 0 Å². The molecule has 2 rings (SSSR count). The van der Waals surface area contributed by atoms with Gasteiger partial charge >= 0.3 is 5.97 Å². The lowest BCUT2D eigenvalue weighted by atomic mass is 10.0. The minimum Gasteiger partial charge on any atom is -0.481 e. The number of carbonyl (C=O) groups excluding carboxylic acids is 2. The van der Waals surface area contributed by atoms with Gasteiger partial charge in [-0.25, -0.2) is 0 Å². The number of amides is 2. The maximum absolute atomic E-state index is 12.2. The Balaban J connectivity index is 1.84. The van der Waals surface area contributed by atoms with E-state index in [0.717, 1.165) is 5.56 Å². The van der Waals surface area contributed by atoms with Crippen LogP contribution >= 0.6 is 0 Å². The molecular weight excluding hydrogens is 320 g/mol. The molecule has 0 radical (unpaired) electrons. The van der Waals surface area contributed by atoms with Gasteiger partial charge in [0.25, 0.3) is 0 Å². The van der Waals surface area contributed by atoms with Crippen molar-refractivity contribution in [3.63, 3.8) is 0 Å². The van der Waals surface area contributed by atoms with E-state index in [4.69, 9.17) is 5.11 Å². The number of nitrogens with one attached hydrogen (secondary N) is 2. The molecule has 1 aliphatic rings. The van der Waals surface area contributed by atoms with Gasteiger partial charge < -0.3 is 15.7 Å². The lowest BCUT2D eigenvalue weighted by Gasteiger charge is -2.12. The molecule has 2 amide bonds. The van der Waals surface area contributed by atoms with E-state index in [9.17, 15) is 14.4 Å². The zero-order valence-electron chi connectivity index (χ0n) is 14.7. The average Bonchev–Trinajstić information content (AvgIpc) is 3.02. The first kappa shape index (κ1) is 19.0. The first-order valence-electron chi connectivity index (χ1n) is 8.74. The molecular formula is C19H26N2O4. The highest BCUT2D eigenvalue weighted by Gasteiger charge is 2.33. The monoisotopic (exact) mass is 346 g/mol. The molecule has 6 heteroatoms. The Kier molecular flexibility index (Phi) is 6.56. The van der Waals surface area contributed by atoms with Gasteiger partial charge in [-0.3, -0.25) is 14.4 Å². The van der Waals surface area contributed by atoms with E-state index in [0.29, 0.717) is 43.8 Å². The zero-order valence-corrected chi connectivity index (χ0v) is 14.7. The maximum atomic E-state index is 12.2. The second kappa shape index (κ2) is 8.65. The van der Waals surface area contributed by atoms with Crippen LogP contribution in [0.25, 0.3) is 0 Å². The normalized spacial score (nSPS) is 19.6. The van der Waals surface area contributed by atoms with Crippen LogP contribution in [-0.2, 0) is 20.9 Å². The van der Waals surface area contributed by atoms with Crippen LogP contribution in [-0.4, -0.2) is 22.9 Å². The molecule has 1 aliphatic carbocycles. The highest BCUT2D eigenvalue weighted by molar-refractivity contribution is 5.90. The number of aliphatic carboxylic acids is 1. The molecule has 1 fully saturated rings. The van der Waals surface area contributed by atoms with Crippen molar-refractivity contribution < 1.29 is 19.5 Å². The minimum absolute atomic E-state index is 0.0261. The summed E-state index contributed by atoms with van der Waals surface area (Å²) < 4.78 is 0. The fourth-order valence-corrected chi connectivity index (χ4v) is 3.12. The summed E-state index contributed by atoms with van der Waals surface area (Å²) in [5.74, 6) is -1.28. The summed E-state index contributed by atoms with van der Waals surface area (Å²) in [5.41, 5.74) is 1.60. The molecule has 0 bridgehead atoms. The van der Waals surface area contributed by atoms with Gasteiger partial charge in [0.05, 0.1) is 5.92 Å². The molecule has 0 spiro atoms. The summed E-state index contributed by atoms with van der Waals surface area (Å²) in [6, 6.07) is 7.38. The number of carbonyl (C=O) groups is 3. The largest absolute Gasteiger partial charge is 0.481 e. The highest BCUT2D eigenvalue weighted by Crippen LogP contribution is 2.31. The maximum Gasteiger partial charge on any atom is 0.306 e. The highest BCUT2D eigenvalue weighted by atomic mass is 16.4. The van der Waals surface area contributed by atoms with Gasteiger partial charge in [-0.05, 0) is 42.9 Å². The molecule has 0 aliphatic heterocycles. The van der Waals surface area contributed by atoms with E-state index in [1.807, 2.05) is 38.1 Å². The molecule has 136 valence electrons. The first-order valence-corrected chi connectivity index (χ1v) is 8.74. The third-order valence-electron chi connectivity index (χ3n) is 4.42. The van der Waals surface area contributed by atoms with Crippen LogP contribution in [0.3, 0.4) is 0 Å². The van der Waals surface area contributed by atoms with Crippen molar-refractivity contribution in [1.82, 2.24) is 5.32 Å². The van der Waals surface area contributed by atoms with Gasteiger partial charge in [0.15, 0.2) is 0 Å². The average molecular weight is 346 g/mol. The predicted octanol–water partition coefficient (Wildman–Crippen LogP) is 2.79. The van der Waals surface area contributed by atoms with Crippen LogP contribution in [0.4, 0.5) is 5.69 Å². The number of rotatable bonds is 7. The van der Waals surface area contributed by atoms with E-state index in [1.165, 1.54) is 0 Å². The van der Waals surface area contributed by atoms with E-state index >= 15 is 0 Å². The zero-order chi connectivity index (χ0) is 18.4. The number of anilines is 1. The van der Waals surface area contributed by atoms with Crippen molar-refractivity contribution in [2.75, 3.05) is 5.32 Å². The van der Waals surface area contributed by atoms with Gasteiger partial charge in [-0.1, -0.05) is 26.0 Å². The Morgan fingerprint density at radius 1 is 1.20 bits per heavy atom. The molecule has 0 heterocycles. The fourth-order valence-electron chi connectivity index (χ4n) is 3.12. The van der Waals surface area contributed by atoms with Crippen molar-refractivity contribution >= 4 is 23.5 Å². The Hall–Kier alpha value is -2.37. The van der Waals surface area contributed by atoms with E-state index in [1.54, 1.807) is 0 Å². The third kappa shape index (κ3) is 5.89. The molecule has 0 saturated heterocycles. The van der Waals surface area contributed by atoms with Crippen LogP contribution in [0.2, 0.25) is 0 Å². The smallest absolute Gasteiger partial charge is 0.306 e. The predicted molar refractivity (Wildman–Crippen MR) is 94.8 cm³/mol. The third-order valence-corrected chi connectivity index (χ3v) is 4.42. The number of hydrogen-bond donors (Lipinski definition) is 3. The summed E-state index contributed by atoms with van der Waals surface area (Å²) >= 11 is 0. The molecule has 25 heavy (non-hydrogen) atoms. The Labute approximate surface area is 148 Å². The molecule has 0 aromatic heterocycles. The second-order valence-corrected chi connectivity index (χ2v) is 7.11. The van der Waals surface area contributed by atoms with Gasteiger partial charge in [0.2, 0.25) is 11.8 Å². The molecule has 1 aromatic carbocycles. The number of carboxylic acid groups (broad SMARTS) is 1.